The van der Waals surface area contributed by atoms with Crippen LogP contribution < -0.4 is 11.1 Å². The third-order valence-corrected chi connectivity index (χ3v) is 5.44. The van der Waals surface area contributed by atoms with Crippen molar-refractivity contribution < 1.29 is 9.59 Å². The van der Waals surface area contributed by atoms with Gasteiger partial charge >= 0.3 is 0 Å². The van der Waals surface area contributed by atoms with E-state index in [2.05, 4.69) is 15.3 Å². The van der Waals surface area contributed by atoms with E-state index in [9.17, 15) is 19.2 Å². The smallest absolute Gasteiger partial charge is 0.272 e. The molecule has 10 nitrogen and oxygen atoms in total. The number of likely N-dealkylation sites (tertiary alicyclic amines) is 2. The van der Waals surface area contributed by atoms with Gasteiger partial charge in [-0.15, -0.1) is 0 Å². The molecule has 142 valence electrons. The fourth-order valence-corrected chi connectivity index (χ4v) is 4.03. The molecule has 0 aliphatic carbocycles. The number of aromatic nitrogens is 4. The molecule has 0 aromatic carbocycles. The Morgan fingerprint density at radius 2 is 2.11 bits per heavy atom. The highest BCUT2D eigenvalue weighted by molar-refractivity contribution is 5.93. The number of hydrogen-bond donors (Lipinski definition) is 2. The SMILES string of the molecule is Cn1[nH]c(=O)cc1C(=O)N1CC[C@@H]2CN(C(=O)Cc3ccn[nH]c3=O)C[C@@H]21. The number of aromatic amines is 2. The van der Waals surface area contributed by atoms with Gasteiger partial charge in [-0.25, -0.2) is 5.10 Å². The van der Waals surface area contributed by atoms with Crippen molar-refractivity contribution in [2.45, 2.75) is 18.9 Å². The predicted molar refractivity (Wildman–Crippen MR) is 94.1 cm³/mol. The summed E-state index contributed by atoms with van der Waals surface area (Å²) in [5.41, 5.74) is 0.00822. The van der Waals surface area contributed by atoms with Crippen molar-refractivity contribution in [3.63, 3.8) is 0 Å². The first-order chi connectivity index (χ1) is 12.9. The number of amides is 2. The van der Waals surface area contributed by atoms with Crippen LogP contribution in [0.15, 0.2) is 27.9 Å². The zero-order chi connectivity index (χ0) is 19.1. The van der Waals surface area contributed by atoms with Gasteiger partial charge in [0.25, 0.3) is 17.0 Å². The second-order valence-electron chi connectivity index (χ2n) is 7.07. The Labute approximate surface area is 153 Å². The Morgan fingerprint density at radius 1 is 1.30 bits per heavy atom. The van der Waals surface area contributed by atoms with Gasteiger partial charge in [-0.1, -0.05) is 0 Å². The second-order valence-corrected chi connectivity index (χ2v) is 7.07. The number of H-pyrrole nitrogens is 2. The summed E-state index contributed by atoms with van der Waals surface area (Å²) in [6, 6.07) is 2.77. The van der Waals surface area contributed by atoms with E-state index in [1.165, 1.54) is 23.0 Å². The zero-order valence-electron chi connectivity index (χ0n) is 14.8. The summed E-state index contributed by atoms with van der Waals surface area (Å²) >= 11 is 0. The molecule has 2 saturated heterocycles. The first-order valence-electron chi connectivity index (χ1n) is 8.81. The minimum absolute atomic E-state index is 0.0115. The fourth-order valence-electron chi connectivity index (χ4n) is 4.03. The van der Waals surface area contributed by atoms with Crippen molar-refractivity contribution in [3.8, 4) is 0 Å². The minimum atomic E-state index is -0.365. The Bertz CT molecular complexity index is 1010. The van der Waals surface area contributed by atoms with Crippen LogP contribution in [-0.2, 0) is 18.3 Å². The number of aryl methyl sites for hydroxylation is 1. The Kier molecular flexibility index (Phi) is 4.17. The summed E-state index contributed by atoms with van der Waals surface area (Å²) in [6.07, 6.45) is 2.27. The molecule has 27 heavy (non-hydrogen) atoms. The van der Waals surface area contributed by atoms with E-state index < -0.39 is 0 Å². The van der Waals surface area contributed by atoms with Gasteiger partial charge in [0.1, 0.15) is 5.69 Å². The lowest BCUT2D eigenvalue weighted by molar-refractivity contribution is -0.129. The second kappa shape index (κ2) is 6.53. The molecule has 0 bridgehead atoms. The van der Waals surface area contributed by atoms with Gasteiger partial charge < -0.3 is 9.80 Å². The number of nitrogens with one attached hydrogen (secondary N) is 2. The van der Waals surface area contributed by atoms with Gasteiger partial charge in [-0.05, 0) is 12.5 Å². The molecular formula is C17H20N6O4. The molecule has 2 aliphatic heterocycles. The van der Waals surface area contributed by atoms with E-state index in [4.69, 9.17) is 0 Å². The van der Waals surface area contributed by atoms with Crippen LogP contribution in [0.1, 0.15) is 22.5 Å². The average Bonchev–Trinajstić information content (AvgIpc) is 3.30. The highest BCUT2D eigenvalue weighted by atomic mass is 16.2. The van der Waals surface area contributed by atoms with Crippen LogP contribution in [0.4, 0.5) is 0 Å². The first kappa shape index (κ1) is 17.3. The quantitative estimate of drug-likeness (QED) is 0.694. The van der Waals surface area contributed by atoms with Crippen molar-refractivity contribution in [2.75, 3.05) is 19.6 Å². The fraction of sp³-hybridized carbons (Fsp3) is 0.471. The molecule has 2 amide bonds. The van der Waals surface area contributed by atoms with Crippen LogP contribution >= 0.6 is 0 Å². The van der Waals surface area contributed by atoms with E-state index in [-0.39, 0.29) is 41.3 Å². The summed E-state index contributed by atoms with van der Waals surface area (Å²) < 4.78 is 1.42. The normalized spacial score (nSPS) is 21.5. The number of fused-ring (bicyclic) bond motifs is 1. The van der Waals surface area contributed by atoms with Crippen LogP contribution in [-0.4, -0.2) is 67.3 Å². The summed E-state index contributed by atoms with van der Waals surface area (Å²) in [5.74, 6) is -0.129. The summed E-state index contributed by atoms with van der Waals surface area (Å²) in [4.78, 5) is 52.1. The molecule has 4 rings (SSSR count). The molecule has 0 radical (unpaired) electrons. The standard InChI is InChI=1S/C17H20N6O4/c1-21-12(7-14(24)20-21)17(27)23-5-3-11-8-22(9-13(11)23)15(25)6-10-2-4-18-19-16(10)26/h2,4,7,11,13H,3,5-6,8-9H2,1H3,(H,19,26)(H,20,24)/t11-,13+/m1/s1. The maximum Gasteiger partial charge on any atom is 0.272 e. The van der Waals surface area contributed by atoms with Crippen molar-refractivity contribution in [3.05, 3.63) is 50.3 Å². The van der Waals surface area contributed by atoms with Gasteiger partial charge in [-0.3, -0.25) is 29.0 Å². The van der Waals surface area contributed by atoms with Gasteiger partial charge in [0.2, 0.25) is 5.91 Å². The number of nitrogens with zero attached hydrogens (tertiary/aromatic N) is 4. The van der Waals surface area contributed by atoms with E-state index in [0.29, 0.717) is 30.9 Å². The molecule has 2 fully saturated rings. The van der Waals surface area contributed by atoms with E-state index in [0.717, 1.165) is 6.42 Å². The molecule has 2 atom stereocenters. The molecule has 0 spiro atoms. The highest BCUT2D eigenvalue weighted by Gasteiger charge is 2.45. The van der Waals surface area contributed by atoms with Gasteiger partial charge in [0, 0.05) is 50.4 Å². The van der Waals surface area contributed by atoms with Gasteiger partial charge in [-0.2, -0.15) is 5.10 Å². The largest absolute Gasteiger partial charge is 0.340 e. The van der Waals surface area contributed by atoms with Crippen molar-refractivity contribution in [2.24, 2.45) is 13.0 Å². The molecular weight excluding hydrogens is 352 g/mol. The molecule has 2 N–H and O–H groups in total. The number of rotatable bonds is 3. The van der Waals surface area contributed by atoms with Crippen LogP contribution in [0.5, 0.6) is 0 Å². The lowest BCUT2D eigenvalue weighted by Gasteiger charge is -2.25. The molecule has 0 saturated carbocycles. The summed E-state index contributed by atoms with van der Waals surface area (Å²) in [6.45, 7) is 1.62. The predicted octanol–water partition coefficient (Wildman–Crippen LogP) is -1.29. The Balaban J connectivity index is 1.47. The Morgan fingerprint density at radius 3 is 2.81 bits per heavy atom. The highest BCUT2D eigenvalue weighted by Crippen LogP contribution is 2.32. The van der Waals surface area contributed by atoms with Gasteiger partial charge in [0.15, 0.2) is 0 Å². The number of hydrogen-bond acceptors (Lipinski definition) is 5. The summed E-state index contributed by atoms with van der Waals surface area (Å²) in [7, 11) is 1.62. The maximum absolute atomic E-state index is 12.8. The van der Waals surface area contributed by atoms with E-state index in [1.807, 2.05) is 0 Å². The van der Waals surface area contributed by atoms with Crippen molar-refractivity contribution in [1.29, 1.82) is 0 Å². The van der Waals surface area contributed by atoms with Gasteiger partial charge in [0.05, 0.1) is 12.5 Å². The third kappa shape index (κ3) is 3.07. The van der Waals surface area contributed by atoms with E-state index >= 15 is 0 Å². The molecule has 2 aromatic heterocycles. The lowest BCUT2D eigenvalue weighted by Crippen LogP contribution is -2.41. The maximum atomic E-state index is 12.8. The molecule has 4 heterocycles. The van der Waals surface area contributed by atoms with Crippen LogP contribution in [0.3, 0.4) is 0 Å². The third-order valence-electron chi connectivity index (χ3n) is 5.44. The molecule has 10 heteroatoms. The van der Waals surface area contributed by atoms with Crippen molar-refractivity contribution in [1.82, 2.24) is 29.8 Å². The average molecular weight is 372 g/mol. The Hall–Kier alpha value is -3.17. The first-order valence-corrected chi connectivity index (χ1v) is 8.81. The van der Waals surface area contributed by atoms with Crippen LogP contribution in [0.2, 0.25) is 0 Å². The molecule has 0 unspecified atom stereocenters. The van der Waals surface area contributed by atoms with E-state index in [1.54, 1.807) is 16.8 Å². The summed E-state index contributed by atoms with van der Waals surface area (Å²) in [5, 5.41) is 8.50. The van der Waals surface area contributed by atoms with Crippen LogP contribution in [0, 0.1) is 5.92 Å². The number of carbonyl (C=O) groups excluding carboxylic acids is 2. The monoisotopic (exact) mass is 372 g/mol. The molecule has 2 aliphatic rings. The topological polar surface area (TPSA) is 124 Å². The minimum Gasteiger partial charge on any atom is -0.340 e. The number of carbonyl (C=O) groups is 2. The van der Waals surface area contributed by atoms with Crippen LogP contribution in [0.25, 0.3) is 0 Å². The lowest BCUT2D eigenvalue weighted by atomic mass is 10.1. The van der Waals surface area contributed by atoms with Crippen molar-refractivity contribution >= 4 is 11.8 Å². The molecule has 2 aromatic rings. The zero-order valence-corrected chi connectivity index (χ0v) is 14.8.